The minimum absolute atomic E-state index is 0.676. The number of thiazole rings is 1. The Labute approximate surface area is 427 Å². The number of hydrogen-bond acceptors (Lipinski definition) is 18. The van der Waals surface area contributed by atoms with Crippen LogP contribution in [0.25, 0.3) is 0 Å². The summed E-state index contributed by atoms with van der Waals surface area (Å²) in [6.07, 6.45) is 30.3. The summed E-state index contributed by atoms with van der Waals surface area (Å²) < 4.78 is 19.1. The molecule has 0 atom stereocenters. The normalized spacial score (nSPS) is 8.83. The third-order valence-electron chi connectivity index (χ3n) is 7.16. The monoisotopic (exact) mass is 1020 g/mol. The Morgan fingerprint density at radius 2 is 1.42 bits per heavy atom. The molecular formula is C47H66N20O3S2. The molecule has 0 bridgehead atoms. The molecule has 4 N–H and O–H groups in total. The zero-order valence-electron chi connectivity index (χ0n) is 42.7. The maximum absolute atomic E-state index is 4.71. The minimum atomic E-state index is 0.676. The first-order chi connectivity index (χ1) is 34.7. The summed E-state index contributed by atoms with van der Waals surface area (Å²) in [6.45, 7) is 17.5. The smallest absolute Gasteiger partial charge is 0.213 e. The van der Waals surface area contributed by atoms with E-state index in [1.54, 1.807) is 114 Å². The molecule has 72 heavy (non-hydrogen) atoms. The van der Waals surface area contributed by atoms with Gasteiger partial charge in [-0.1, -0.05) is 5.16 Å². The molecular weight excluding hydrogens is 957 g/mol. The number of hydrogen-bond donors (Lipinski definition) is 4. The number of thiophene rings is 1. The van der Waals surface area contributed by atoms with Gasteiger partial charge in [-0.25, -0.2) is 19.9 Å². The lowest BCUT2D eigenvalue weighted by Crippen LogP contribution is -1.83. The van der Waals surface area contributed by atoms with Crippen molar-refractivity contribution in [1.29, 1.82) is 0 Å². The number of aryl methyl sites for hydroxylation is 12. The van der Waals surface area contributed by atoms with E-state index in [9.17, 15) is 0 Å². The molecule has 0 fully saturated rings. The molecule has 23 nitrogen and oxygen atoms in total. The van der Waals surface area contributed by atoms with Crippen LogP contribution in [0.2, 0.25) is 0 Å². The SMILES string of the molecule is Cc1ccn[nH]1.Cc1ccoc1.Cc1ccsc1.Cc1cn[nH]c1.Cc1cnc[nH]1.Cc1cocn1.Cc1cscn1.Cc1ncn[nH]1.Cc1ncon1.Cn1cccn1.Cn1ccnc1.Cn1cnnc1. The number of imidazole rings is 2. The van der Waals surface area contributed by atoms with Crippen molar-refractivity contribution < 1.29 is 13.4 Å². The fourth-order valence-corrected chi connectivity index (χ4v) is 4.80. The maximum atomic E-state index is 4.71. The van der Waals surface area contributed by atoms with Crippen molar-refractivity contribution in [2.75, 3.05) is 0 Å². The average Bonchev–Trinajstić information content (AvgIpc) is 4.18. The van der Waals surface area contributed by atoms with Crippen LogP contribution in [0.5, 0.6) is 0 Å². The zero-order chi connectivity index (χ0) is 52.9. The lowest BCUT2D eigenvalue weighted by Gasteiger charge is -1.77. The minimum Gasteiger partial charge on any atom is -0.472 e. The predicted molar refractivity (Wildman–Crippen MR) is 278 cm³/mol. The van der Waals surface area contributed by atoms with Gasteiger partial charge >= 0.3 is 0 Å². The molecule has 0 unspecified atom stereocenters. The Balaban J connectivity index is 0.000000393. The Morgan fingerprint density at radius 1 is 0.611 bits per heavy atom. The number of nitrogens with zero attached hydrogens (tertiary/aromatic N) is 16. The fourth-order valence-electron chi connectivity index (χ4n) is 3.59. The van der Waals surface area contributed by atoms with Crippen LogP contribution in [0, 0.1) is 62.3 Å². The lowest BCUT2D eigenvalue weighted by atomic mass is 10.4. The van der Waals surface area contributed by atoms with Crippen LogP contribution in [0.1, 0.15) is 51.1 Å². The molecule has 12 aromatic rings. The number of nitrogens with one attached hydrogen (secondary N) is 4. The molecule has 384 valence electrons. The van der Waals surface area contributed by atoms with Crippen molar-refractivity contribution in [3.8, 4) is 0 Å². The Kier molecular flexibility index (Phi) is 35.1. The van der Waals surface area contributed by atoms with Crippen molar-refractivity contribution in [3.63, 3.8) is 0 Å². The van der Waals surface area contributed by atoms with Gasteiger partial charge in [0.2, 0.25) is 6.39 Å². The summed E-state index contributed by atoms with van der Waals surface area (Å²) in [6, 6.07) is 7.82. The van der Waals surface area contributed by atoms with E-state index in [1.807, 2.05) is 122 Å². The summed E-state index contributed by atoms with van der Waals surface area (Å²) in [5, 5.41) is 39.6. The summed E-state index contributed by atoms with van der Waals surface area (Å²) in [7, 11) is 5.70. The Hall–Kier alpha value is -8.71. The highest BCUT2D eigenvalue weighted by atomic mass is 32.1. The summed E-state index contributed by atoms with van der Waals surface area (Å²) in [4.78, 5) is 25.5. The Morgan fingerprint density at radius 3 is 1.58 bits per heavy atom. The molecule has 12 aromatic heterocycles. The van der Waals surface area contributed by atoms with E-state index >= 15 is 0 Å². The molecule has 0 spiro atoms. The summed E-state index contributed by atoms with van der Waals surface area (Å²) in [5.74, 6) is 1.53. The van der Waals surface area contributed by atoms with Gasteiger partial charge < -0.3 is 27.5 Å². The van der Waals surface area contributed by atoms with E-state index in [0.29, 0.717) is 5.82 Å². The maximum Gasteiger partial charge on any atom is 0.213 e. The van der Waals surface area contributed by atoms with E-state index in [0.717, 1.165) is 28.6 Å². The van der Waals surface area contributed by atoms with E-state index < -0.39 is 0 Å². The van der Waals surface area contributed by atoms with Gasteiger partial charge in [0.25, 0.3) is 0 Å². The molecule has 12 heterocycles. The molecule has 0 amide bonds. The molecule has 0 saturated heterocycles. The van der Waals surface area contributed by atoms with E-state index in [-0.39, 0.29) is 0 Å². The first-order valence-electron chi connectivity index (χ1n) is 21.5. The summed E-state index contributed by atoms with van der Waals surface area (Å²) in [5.41, 5.74) is 9.79. The van der Waals surface area contributed by atoms with Gasteiger partial charge in [0.1, 0.15) is 31.1 Å². The molecule has 12 rings (SSSR count). The van der Waals surface area contributed by atoms with E-state index in [4.69, 9.17) is 4.42 Å². The third kappa shape index (κ3) is 39.3. The predicted octanol–water partition coefficient (Wildman–Crippen LogP) is 9.38. The molecule has 25 heteroatoms. The summed E-state index contributed by atoms with van der Waals surface area (Å²) >= 11 is 3.37. The van der Waals surface area contributed by atoms with E-state index in [2.05, 4.69) is 119 Å². The van der Waals surface area contributed by atoms with Crippen molar-refractivity contribution in [2.24, 2.45) is 21.1 Å². The number of rotatable bonds is 0. The zero-order valence-corrected chi connectivity index (χ0v) is 44.3. The van der Waals surface area contributed by atoms with Gasteiger partial charge in [-0.2, -0.15) is 36.7 Å². The van der Waals surface area contributed by atoms with Crippen molar-refractivity contribution in [1.82, 2.24) is 99.7 Å². The van der Waals surface area contributed by atoms with Gasteiger partial charge in [-0.05, 0) is 114 Å². The second-order valence-corrected chi connectivity index (χ2v) is 15.7. The highest BCUT2D eigenvalue weighted by molar-refractivity contribution is 7.08. The number of oxazole rings is 1. The van der Waals surface area contributed by atoms with Gasteiger partial charge in [0, 0.05) is 87.0 Å². The molecule has 0 aliphatic rings. The first kappa shape index (κ1) is 61.3. The van der Waals surface area contributed by atoms with E-state index in [1.165, 1.54) is 35.8 Å². The highest BCUT2D eigenvalue weighted by Gasteiger charge is 1.81. The van der Waals surface area contributed by atoms with Gasteiger partial charge in [0.15, 0.2) is 12.2 Å². The number of H-pyrrole nitrogens is 4. The van der Waals surface area contributed by atoms with Crippen molar-refractivity contribution in [2.45, 2.75) is 62.3 Å². The van der Waals surface area contributed by atoms with Crippen LogP contribution in [0.15, 0.2) is 172 Å². The van der Waals surface area contributed by atoms with Crippen LogP contribution < -0.4 is 0 Å². The molecule has 0 aliphatic heterocycles. The van der Waals surface area contributed by atoms with Crippen LogP contribution in [0.4, 0.5) is 0 Å². The van der Waals surface area contributed by atoms with Crippen molar-refractivity contribution in [3.05, 3.63) is 210 Å². The standard InChI is InChI=1S/C5H6O.C5H6S.5C4H6N2.C4H5NO.C4H5NS.2C3H5N3.C3H4N2O/c2*1-5-2-3-6-4-5;1-4-2-5-3-6-4;1-4-2-5-6-3-4;1-6-3-2-5-4-6;1-6-4-2-3-5-6;1-4-2-3-5-6-4;2*1-4-2-6-3-5-4;1-6-2-4-5-3-6;1-3-4-2-5-6-3;1-3-4-2-6-5-3/h2*2-4H,1H3;2*2-3H,1H3,(H,5,6);2*2-4H,1H3;2-3H,1H3,(H,5,6);3*2-3H,1H3;2H,1H3,(H,4,5,6);2H,1H3. The second-order valence-electron chi connectivity index (χ2n) is 14.2. The topological polar surface area (TPSA) is 285 Å². The quantitative estimate of drug-likeness (QED) is 0.110. The van der Waals surface area contributed by atoms with Crippen LogP contribution in [0.3, 0.4) is 0 Å². The van der Waals surface area contributed by atoms with Crippen LogP contribution >= 0.6 is 22.7 Å². The third-order valence-corrected chi connectivity index (χ3v) is 8.67. The number of furan rings is 1. The van der Waals surface area contributed by atoms with Crippen LogP contribution in [-0.4, -0.2) is 99.7 Å². The molecule has 0 aliphatic carbocycles. The Bertz CT molecular complexity index is 2030. The van der Waals surface area contributed by atoms with Gasteiger partial charge in [-0.15, -0.1) is 21.5 Å². The molecule has 0 aromatic carbocycles. The van der Waals surface area contributed by atoms with Gasteiger partial charge in [-0.3, -0.25) is 25.0 Å². The second kappa shape index (κ2) is 41.3. The number of aromatic nitrogens is 20. The van der Waals surface area contributed by atoms with Gasteiger partial charge in [0.05, 0.1) is 42.6 Å². The first-order valence-corrected chi connectivity index (χ1v) is 23.3. The highest BCUT2D eigenvalue weighted by Crippen LogP contribution is 2.01. The fraction of sp³-hybridized carbons (Fsp3) is 0.255. The molecule has 0 radical (unpaired) electrons. The van der Waals surface area contributed by atoms with Crippen molar-refractivity contribution >= 4 is 22.7 Å². The number of aromatic amines is 4. The molecule has 0 saturated carbocycles. The lowest BCUT2D eigenvalue weighted by molar-refractivity contribution is 0.412. The largest absolute Gasteiger partial charge is 0.472 e. The van der Waals surface area contributed by atoms with Crippen LogP contribution in [-0.2, 0) is 21.1 Å². The average molecular weight is 1020 g/mol.